The smallest absolute Gasteiger partial charge is 0.320 e. The van der Waals surface area contributed by atoms with E-state index >= 15 is 0 Å². The van der Waals surface area contributed by atoms with E-state index in [9.17, 15) is 4.79 Å². The van der Waals surface area contributed by atoms with Crippen molar-refractivity contribution in [1.82, 2.24) is 15.3 Å². The van der Waals surface area contributed by atoms with Crippen LogP contribution in [0.5, 0.6) is 0 Å². The van der Waals surface area contributed by atoms with Crippen LogP contribution in [0.25, 0.3) is 0 Å². The van der Waals surface area contributed by atoms with Gasteiger partial charge in [-0.3, -0.25) is 10.1 Å². The van der Waals surface area contributed by atoms with Crippen molar-refractivity contribution >= 4 is 11.9 Å². The maximum Gasteiger partial charge on any atom is 0.320 e. The largest absolute Gasteiger partial charge is 0.480 e. The minimum atomic E-state index is -0.845. The Balaban J connectivity index is 1.85. The Morgan fingerprint density at radius 2 is 1.74 bits per heavy atom. The molecule has 1 aromatic carbocycles. The van der Waals surface area contributed by atoms with Crippen molar-refractivity contribution in [2.75, 3.05) is 5.32 Å². The number of carboxylic acids is 1. The number of carbonyl (C=O) groups is 1. The summed E-state index contributed by atoms with van der Waals surface area (Å²) in [6.07, 6.45) is 3.40. The van der Waals surface area contributed by atoms with Gasteiger partial charge in [-0.2, -0.15) is 0 Å². The molecule has 0 fully saturated rings. The Morgan fingerprint density at radius 3 is 2.30 bits per heavy atom. The molecule has 122 valence electrons. The third-order valence-electron chi connectivity index (χ3n) is 3.46. The second kappa shape index (κ2) is 8.24. The van der Waals surface area contributed by atoms with Crippen LogP contribution in [0, 0.1) is 5.92 Å². The molecule has 0 saturated carbocycles. The first-order valence-electron chi connectivity index (χ1n) is 7.61. The summed E-state index contributed by atoms with van der Waals surface area (Å²) in [4.78, 5) is 19.6. The van der Waals surface area contributed by atoms with Crippen LogP contribution in [0.2, 0.25) is 0 Å². The number of anilines is 1. The molecule has 0 unspecified atom stereocenters. The van der Waals surface area contributed by atoms with Crippen molar-refractivity contribution < 1.29 is 9.90 Å². The van der Waals surface area contributed by atoms with Crippen LogP contribution in [0.4, 0.5) is 5.95 Å². The maximum absolute atomic E-state index is 11.1. The minimum Gasteiger partial charge on any atom is -0.480 e. The fourth-order valence-corrected chi connectivity index (χ4v) is 2.15. The molecule has 0 saturated heterocycles. The molecule has 1 aromatic heterocycles. The highest BCUT2D eigenvalue weighted by Crippen LogP contribution is 2.06. The molecule has 6 heteroatoms. The highest BCUT2D eigenvalue weighted by atomic mass is 16.4. The zero-order chi connectivity index (χ0) is 16.7. The molecule has 23 heavy (non-hydrogen) atoms. The van der Waals surface area contributed by atoms with Gasteiger partial charge in [-0.1, -0.05) is 44.2 Å². The van der Waals surface area contributed by atoms with Crippen molar-refractivity contribution in [2.24, 2.45) is 5.92 Å². The fraction of sp³-hybridized carbons (Fsp3) is 0.353. The van der Waals surface area contributed by atoms with Gasteiger partial charge in [0.1, 0.15) is 6.04 Å². The summed E-state index contributed by atoms with van der Waals surface area (Å²) in [5, 5.41) is 15.3. The van der Waals surface area contributed by atoms with E-state index in [-0.39, 0.29) is 5.92 Å². The van der Waals surface area contributed by atoms with Gasteiger partial charge in [0.2, 0.25) is 5.95 Å². The van der Waals surface area contributed by atoms with Gasteiger partial charge in [-0.25, -0.2) is 9.97 Å². The van der Waals surface area contributed by atoms with Gasteiger partial charge in [0.25, 0.3) is 0 Å². The third-order valence-corrected chi connectivity index (χ3v) is 3.46. The maximum atomic E-state index is 11.1. The lowest BCUT2D eigenvalue weighted by atomic mass is 10.0. The SMILES string of the molecule is CC(C)[C@H](NCc1cnc(NCc2ccccc2)nc1)C(=O)O. The van der Waals surface area contributed by atoms with Crippen molar-refractivity contribution in [1.29, 1.82) is 0 Å². The van der Waals surface area contributed by atoms with E-state index < -0.39 is 12.0 Å². The Labute approximate surface area is 136 Å². The summed E-state index contributed by atoms with van der Waals surface area (Å²) in [5.74, 6) is -0.279. The molecule has 0 spiro atoms. The van der Waals surface area contributed by atoms with Crippen LogP contribution in [0.1, 0.15) is 25.0 Å². The zero-order valence-electron chi connectivity index (χ0n) is 13.4. The normalized spacial score (nSPS) is 12.1. The first-order valence-corrected chi connectivity index (χ1v) is 7.61. The van der Waals surface area contributed by atoms with Gasteiger partial charge in [0.15, 0.2) is 0 Å². The Hall–Kier alpha value is -2.47. The van der Waals surface area contributed by atoms with E-state index in [1.807, 2.05) is 44.2 Å². The van der Waals surface area contributed by atoms with Crippen LogP contribution in [0.3, 0.4) is 0 Å². The van der Waals surface area contributed by atoms with Gasteiger partial charge in [0.05, 0.1) is 0 Å². The van der Waals surface area contributed by atoms with Crippen LogP contribution in [-0.2, 0) is 17.9 Å². The fourth-order valence-electron chi connectivity index (χ4n) is 2.15. The second-order valence-corrected chi connectivity index (χ2v) is 5.69. The van der Waals surface area contributed by atoms with E-state index in [1.165, 1.54) is 0 Å². The summed E-state index contributed by atoms with van der Waals surface area (Å²) >= 11 is 0. The van der Waals surface area contributed by atoms with Crippen LogP contribution >= 0.6 is 0 Å². The zero-order valence-corrected chi connectivity index (χ0v) is 13.4. The number of hydrogen-bond acceptors (Lipinski definition) is 5. The average molecular weight is 314 g/mol. The molecule has 0 bridgehead atoms. The topological polar surface area (TPSA) is 87.1 Å². The van der Waals surface area contributed by atoms with E-state index in [1.54, 1.807) is 12.4 Å². The van der Waals surface area contributed by atoms with Crippen LogP contribution in [-0.4, -0.2) is 27.1 Å². The molecule has 0 aliphatic carbocycles. The van der Waals surface area contributed by atoms with Gasteiger partial charge < -0.3 is 10.4 Å². The van der Waals surface area contributed by atoms with Crippen molar-refractivity contribution in [3.05, 3.63) is 53.9 Å². The van der Waals surface area contributed by atoms with E-state index in [2.05, 4.69) is 20.6 Å². The summed E-state index contributed by atoms with van der Waals surface area (Å²) in [6, 6.07) is 9.43. The summed E-state index contributed by atoms with van der Waals surface area (Å²) in [6.45, 7) is 4.83. The molecule has 2 rings (SSSR count). The van der Waals surface area contributed by atoms with Crippen LogP contribution in [0.15, 0.2) is 42.7 Å². The summed E-state index contributed by atoms with van der Waals surface area (Å²) < 4.78 is 0. The standard InChI is InChI=1S/C17H22N4O2/c1-12(2)15(16(22)23)18-9-14-10-20-17(21-11-14)19-8-13-6-4-3-5-7-13/h3-7,10-12,15,18H,8-9H2,1-2H3,(H,22,23)(H,19,20,21)/t15-/m0/s1. The van der Waals surface area contributed by atoms with Gasteiger partial charge in [0, 0.05) is 31.0 Å². The Bertz CT molecular complexity index is 614. The number of carboxylic acid groups (broad SMARTS) is 1. The minimum absolute atomic E-state index is 0.0141. The van der Waals surface area contributed by atoms with E-state index in [0.717, 1.165) is 11.1 Å². The summed E-state index contributed by atoms with van der Waals surface area (Å²) in [5.41, 5.74) is 2.00. The molecule has 6 nitrogen and oxygen atoms in total. The molecule has 0 aliphatic heterocycles. The first kappa shape index (κ1) is 16.9. The lowest BCUT2D eigenvalue weighted by molar-refractivity contribution is -0.140. The lowest BCUT2D eigenvalue weighted by Crippen LogP contribution is -2.40. The number of aliphatic carboxylic acids is 1. The summed E-state index contributed by atoms with van der Waals surface area (Å²) in [7, 11) is 0. The Morgan fingerprint density at radius 1 is 1.09 bits per heavy atom. The van der Waals surface area contributed by atoms with Gasteiger partial charge in [-0.05, 0) is 11.5 Å². The monoisotopic (exact) mass is 314 g/mol. The average Bonchev–Trinajstić information content (AvgIpc) is 2.54. The molecule has 2 aromatic rings. The number of nitrogens with one attached hydrogen (secondary N) is 2. The van der Waals surface area contributed by atoms with E-state index in [0.29, 0.717) is 19.0 Å². The highest BCUT2D eigenvalue weighted by Gasteiger charge is 2.20. The predicted molar refractivity (Wildman–Crippen MR) is 88.9 cm³/mol. The number of hydrogen-bond donors (Lipinski definition) is 3. The molecule has 1 heterocycles. The molecule has 0 aliphatic rings. The molecule has 0 radical (unpaired) electrons. The third kappa shape index (κ3) is 5.34. The predicted octanol–water partition coefficient (Wildman–Crippen LogP) is 2.29. The molecule has 1 atom stereocenters. The number of benzene rings is 1. The van der Waals surface area contributed by atoms with E-state index in [4.69, 9.17) is 5.11 Å². The molecule has 0 amide bonds. The van der Waals surface area contributed by atoms with Gasteiger partial charge in [-0.15, -0.1) is 0 Å². The number of aromatic nitrogens is 2. The van der Waals surface area contributed by atoms with Crippen LogP contribution < -0.4 is 10.6 Å². The molecule has 3 N–H and O–H groups in total. The number of nitrogens with zero attached hydrogens (tertiary/aromatic N) is 2. The first-order chi connectivity index (χ1) is 11.1. The van der Waals surface area contributed by atoms with Crippen molar-refractivity contribution in [2.45, 2.75) is 33.0 Å². The highest BCUT2D eigenvalue weighted by molar-refractivity contribution is 5.73. The van der Waals surface area contributed by atoms with Crippen molar-refractivity contribution in [3.63, 3.8) is 0 Å². The lowest BCUT2D eigenvalue weighted by Gasteiger charge is -2.17. The van der Waals surface area contributed by atoms with Gasteiger partial charge >= 0.3 is 5.97 Å². The number of rotatable bonds is 8. The molecular weight excluding hydrogens is 292 g/mol. The molecular formula is C17H22N4O2. The quantitative estimate of drug-likeness (QED) is 0.693. The Kier molecular flexibility index (Phi) is 6.05. The van der Waals surface area contributed by atoms with Crippen molar-refractivity contribution in [3.8, 4) is 0 Å². The second-order valence-electron chi connectivity index (χ2n) is 5.69.